The quantitative estimate of drug-likeness (QED) is 0.712. The number of nitrogens with zero attached hydrogens (tertiary/aromatic N) is 3. The number of carbonyl (C=O) groups is 1. The zero-order valence-corrected chi connectivity index (χ0v) is 15.9. The van der Waals surface area contributed by atoms with Gasteiger partial charge in [-0.15, -0.1) is 0 Å². The maximum absolute atomic E-state index is 12.7. The van der Waals surface area contributed by atoms with Crippen molar-refractivity contribution < 1.29 is 13.9 Å². The molecule has 3 heterocycles. The summed E-state index contributed by atoms with van der Waals surface area (Å²) in [6, 6.07) is 13.2. The molecule has 28 heavy (non-hydrogen) atoms. The van der Waals surface area contributed by atoms with Crippen molar-refractivity contribution in [1.29, 1.82) is 0 Å². The SMILES string of the molecule is Cc1ccc(C(CNC(=O)c2ccc(-n3cccn3)cc2)N2CCOCC2)o1. The first kappa shape index (κ1) is 18.5. The molecule has 1 amide bonds. The number of carbonyl (C=O) groups excluding carboxylic acids is 1. The zero-order chi connectivity index (χ0) is 19.3. The van der Waals surface area contributed by atoms with Crippen molar-refractivity contribution in [3.63, 3.8) is 0 Å². The first-order valence-electron chi connectivity index (χ1n) is 9.47. The van der Waals surface area contributed by atoms with Crippen LogP contribution in [-0.2, 0) is 4.74 Å². The molecule has 1 aromatic carbocycles. The molecule has 1 N–H and O–H groups in total. The van der Waals surface area contributed by atoms with E-state index in [-0.39, 0.29) is 11.9 Å². The molecule has 7 heteroatoms. The molecule has 0 bridgehead atoms. The Bertz CT molecular complexity index is 896. The number of benzene rings is 1. The fraction of sp³-hybridized carbons (Fsp3) is 0.333. The van der Waals surface area contributed by atoms with Gasteiger partial charge in [0.15, 0.2) is 0 Å². The largest absolute Gasteiger partial charge is 0.465 e. The van der Waals surface area contributed by atoms with E-state index in [9.17, 15) is 4.79 Å². The number of rotatable bonds is 6. The van der Waals surface area contributed by atoms with Crippen LogP contribution in [0.15, 0.2) is 59.3 Å². The molecule has 2 aromatic heterocycles. The van der Waals surface area contributed by atoms with Crippen molar-refractivity contribution >= 4 is 5.91 Å². The fourth-order valence-electron chi connectivity index (χ4n) is 3.41. The third-order valence-electron chi connectivity index (χ3n) is 4.93. The van der Waals surface area contributed by atoms with E-state index in [4.69, 9.17) is 9.15 Å². The van der Waals surface area contributed by atoms with Gasteiger partial charge in [-0.25, -0.2) is 4.68 Å². The van der Waals surface area contributed by atoms with Crippen molar-refractivity contribution in [2.45, 2.75) is 13.0 Å². The number of hydrogen-bond acceptors (Lipinski definition) is 5. The number of ether oxygens (including phenoxy) is 1. The molecule has 0 saturated carbocycles. The molecule has 1 aliphatic heterocycles. The molecule has 0 spiro atoms. The molecule has 0 radical (unpaired) electrons. The molecule has 0 aliphatic carbocycles. The minimum atomic E-state index is -0.103. The summed E-state index contributed by atoms with van der Waals surface area (Å²) in [6.07, 6.45) is 3.59. The van der Waals surface area contributed by atoms with Gasteiger partial charge in [0.2, 0.25) is 0 Å². The van der Waals surface area contributed by atoms with Gasteiger partial charge in [-0.1, -0.05) is 0 Å². The van der Waals surface area contributed by atoms with Gasteiger partial charge in [-0.2, -0.15) is 5.10 Å². The molecule has 3 aromatic rings. The lowest BCUT2D eigenvalue weighted by atomic mass is 10.1. The third kappa shape index (κ3) is 4.16. The summed E-state index contributed by atoms with van der Waals surface area (Å²) in [5, 5.41) is 7.25. The Morgan fingerprint density at radius 1 is 1.18 bits per heavy atom. The number of hydrogen-bond donors (Lipinski definition) is 1. The van der Waals surface area contributed by atoms with Crippen molar-refractivity contribution in [1.82, 2.24) is 20.0 Å². The maximum Gasteiger partial charge on any atom is 0.251 e. The Balaban J connectivity index is 1.43. The topological polar surface area (TPSA) is 72.5 Å². The number of aromatic nitrogens is 2. The van der Waals surface area contributed by atoms with Gasteiger partial charge < -0.3 is 14.5 Å². The van der Waals surface area contributed by atoms with Crippen LogP contribution in [-0.4, -0.2) is 53.4 Å². The number of amides is 1. The van der Waals surface area contributed by atoms with Crippen LogP contribution >= 0.6 is 0 Å². The lowest BCUT2D eigenvalue weighted by Crippen LogP contribution is -2.43. The minimum absolute atomic E-state index is 0.00935. The van der Waals surface area contributed by atoms with Crippen molar-refractivity contribution in [2.75, 3.05) is 32.8 Å². The van der Waals surface area contributed by atoms with Crippen LogP contribution in [0.25, 0.3) is 5.69 Å². The zero-order valence-electron chi connectivity index (χ0n) is 15.9. The Kier molecular flexibility index (Phi) is 5.55. The first-order valence-corrected chi connectivity index (χ1v) is 9.47. The summed E-state index contributed by atoms with van der Waals surface area (Å²) < 4.78 is 13.1. The summed E-state index contributed by atoms with van der Waals surface area (Å²) in [5.41, 5.74) is 1.53. The maximum atomic E-state index is 12.7. The highest BCUT2D eigenvalue weighted by Gasteiger charge is 2.25. The molecular formula is C21H24N4O3. The van der Waals surface area contributed by atoms with Gasteiger partial charge in [0.25, 0.3) is 5.91 Å². The lowest BCUT2D eigenvalue weighted by molar-refractivity contribution is 0.0117. The molecule has 4 rings (SSSR count). The summed E-state index contributed by atoms with van der Waals surface area (Å²) in [6.45, 7) is 5.43. The summed E-state index contributed by atoms with van der Waals surface area (Å²) in [7, 11) is 0. The lowest BCUT2D eigenvalue weighted by Gasteiger charge is -2.33. The predicted molar refractivity (Wildman–Crippen MR) is 104 cm³/mol. The molecule has 1 saturated heterocycles. The van der Waals surface area contributed by atoms with E-state index < -0.39 is 0 Å². The summed E-state index contributed by atoms with van der Waals surface area (Å²) in [4.78, 5) is 15.0. The molecule has 146 valence electrons. The Morgan fingerprint density at radius 2 is 1.96 bits per heavy atom. The molecule has 7 nitrogen and oxygen atoms in total. The smallest absolute Gasteiger partial charge is 0.251 e. The van der Waals surface area contributed by atoms with E-state index in [0.29, 0.717) is 25.3 Å². The average Bonchev–Trinajstić information content (AvgIpc) is 3.41. The second-order valence-electron chi connectivity index (χ2n) is 6.82. The molecule has 1 fully saturated rings. The van der Waals surface area contributed by atoms with E-state index in [1.807, 2.05) is 55.6 Å². The van der Waals surface area contributed by atoms with E-state index in [2.05, 4.69) is 15.3 Å². The molecule has 1 unspecified atom stereocenters. The van der Waals surface area contributed by atoms with Crippen LogP contribution in [0.3, 0.4) is 0 Å². The van der Waals surface area contributed by atoms with Crippen LogP contribution < -0.4 is 5.32 Å². The number of morpholine rings is 1. The van der Waals surface area contributed by atoms with Crippen LogP contribution in [0.5, 0.6) is 0 Å². The number of aryl methyl sites for hydroxylation is 1. The van der Waals surface area contributed by atoms with Gasteiger partial charge >= 0.3 is 0 Å². The van der Waals surface area contributed by atoms with E-state index in [1.54, 1.807) is 10.9 Å². The highest BCUT2D eigenvalue weighted by atomic mass is 16.5. The summed E-state index contributed by atoms with van der Waals surface area (Å²) in [5.74, 6) is 1.64. The van der Waals surface area contributed by atoms with E-state index in [1.165, 1.54) is 0 Å². The van der Waals surface area contributed by atoms with Crippen molar-refractivity contribution in [3.8, 4) is 5.69 Å². The minimum Gasteiger partial charge on any atom is -0.465 e. The van der Waals surface area contributed by atoms with Crippen LogP contribution in [0, 0.1) is 6.92 Å². The summed E-state index contributed by atoms with van der Waals surface area (Å²) >= 11 is 0. The fourth-order valence-corrected chi connectivity index (χ4v) is 3.41. The highest BCUT2D eigenvalue weighted by Crippen LogP contribution is 2.23. The van der Waals surface area contributed by atoms with Gasteiger partial charge in [0.1, 0.15) is 11.5 Å². The standard InChI is InChI=1S/C21H24N4O3/c1-16-3-8-20(28-16)19(24-11-13-27-14-12-24)15-22-21(26)17-4-6-18(7-5-17)25-10-2-9-23-25/h2-10,19H,11-15H2,1H3,(H,22,26). The second kappa shape index (κ2) is 8.41. The second-order valence-corrected chi connectivity index (χ2v) is 6.82. The third-order valence-corrected chi connectivity index (χ3v) is 4.93. The van der Waals surface area contributed by atoms with Gasteiger partial charge in [-0.05, 0) is 49.4 Å². The van der Waals surface area contributed by atoms with Gasteiger partial charge in [0.05, 0.1) is 24.9 Å². The van der Waals surface area contributed by atoms with Crippen LogP contribution in [0.1, 0.15) is 27.9 Å². The predicted octanol–water partition coefficient (Wildman–Crippen LogP) is 2.58. The van der Waals surface area contributed by atoms with Crippen LogP contribution in [0.4, 0.5) is 0 Å². The number of furan rings is 1. The monoisotopic (exact) mass is 380 g/mol. The normalized spacial score (nSPS) is 16.0. The van der Waals surface area contributed by atoms with Gasteiger partial charge in [0, 0.05) is 37.6 Å². The Labute approximate surface area is 163 Å². The first-order chi connectivity index (χ1) is 13.7. The Hall–Kier alpha value is -2.90. The molecule has 1 aliphatic rings. The van der Waals surface area contributed by atoms with Crippen molar-refractivity contribution in [3.05, 3.63) is 71.9 Å². The van der Waals surface area contributed by atoms with E-state index in [0.717, 1.165) is 30.3 Å². The van der Waals surface area contributed by atoms with E-state index >= 15 is 0 Å². The number of nitrogens with one attached hydrogen (secondary N) is 1. The molecule has 1 atom stereocenters. The highest BCUT2D eigenvalue weighted by molar-refractivity contribution is 5.94. The van der Waals surface area contributed by atoms with Gasteiger partial charge in [-0.3, -0.25) is 9.69 Å². The Morgan fingerprint density at radius 3 is 2.61 bits per heavy atom. The van der Waals surface area contributed by atoms with Crippen molar-refractivity contribution in [2.24, 2.45) is 0 Å². The van der Waals surface area contributed by atoms with Crippen LogP contribution in [0.2, 0.25) is 0 Å². The average molecular weight is 380 g/mol. The molecular weight excluding hydrogens is 356 g/mol.